The Labute approximate surface area is 122 Å². The minimum absolute atomic E-state index is 0.617. The molecule has 5 nitrogen and oxygen atoms in total. The first-order valence-electron chi connectivity index (χ1n) is 7.72. The zero-order valence-corrected chi connectivity index (χ0v) is 12.9. The van der Waals surface area contributed by atoms with Crippen molar-refractivity contribution >= 4 is 11.6 Å². The summed E-state index contributed by atoms with van der Waals surface area (Å²) in [6.07, 6.45) is 7.67. The molecular weight excluding hydrogens is 250 g/mol. The molecule has 1 unspecified atom stereocenters. The fraction of sp³-hybridized carbons (Fsp3) is 0.733. The van der Waals surface area contributed by atoms with Crippen LogP contribution in [0.1, 0.15) is 38.2 Å². The van der Waals surface area contributed by atoms with Crippen LogP contribution >= 0.6 is 0 Å². The Morgan fingerprint density at radius 1 is 1.30 bits per heavy atom. The van der Waals surface area contributed by atoms with E-state index in [1.54, 1.807) is 6.33 Å². The first-order valence-corrected chi connectivity index (χ1v) is 7.72. The van der Waals surface area contributed by atoms with E-state index in [1.807, 2.05) is 7.05 Å². The molecule has 1 atom stereocenters. The standard InChI is InChI=1S/C15H27N5/c1-4-7-13-14(16-2)18-11-19-15(13)17-10-12-8-5-6-9-20(12)3/h11-12H,4-10H2,1-3H3,(H2,16,17,18,19). The normalized spacial score (nSPS) is 19.9. The lowest BCUT2D eigenvalue weighted by molar-refractivity contribution is 0.194. The highest BCUT2D eigenvalue weighted by molar-refractivity contribution is 5.57. The van der Waals surface area contributed by atoms with Gasteiger partial charge in [-0.2, -0.15) is 0 Å². The van der Waals surface area contributed by atoms with Gasteiger partial charge in [0.05, 0.1) is 0 Å². The number of nitrogens with one attached hydrogen (secondary N) is 2. The van der Waals surface area contributed by atoms with Crippen LogP contribution in [0.3, 0.4) is 0 Å². The van der Waals surface area contributed by atoms with Crippen molar-refractivity contribution in [3.8, 4) is 0 Å². The molecule has 0 aliphatic carbocycles. The van der Waals surface area contributed by atoms with Gasteiger partial charge in [-0.3, -0.25) is 0 Å². The highest BCUT2D eigenvalue weighted by atomic mass is 15.2. The maximum Gasteiger partial charge on any atom is 0.134 e. The van der Waals surface area contributed by atoms with Gasteiger partial charge in [0.1, 0.15) is 18.0 Å². The van der Waals surface area contributed by atoms with Gasteiger partial charge in [-0.15, -0.1) is 0 Å². The summed E-state index contributed by atoms with van der Waals surface area (Å²) in [5.74, 6) is 1.94. The van der Waals surface area contributed by atoms with Crippen molar-refractivity contribution in [2.24, 2.45) is 0 Å². The second kappa shape index (κ2) is 7.43. The van der Waals surface area contributed by atoms with Crippen molar-refractivity contribution in [3.63, 3.8) is 0 Å². The third kappa shape index (κ3) is 3.60. The summed E-state index contributed by atoms with van der Waals surface area (Å²) in [4.78, 5) is 11.2. The molecule has 1 fully saturated rings. The van der Waals surface area contributed by atoms with Gasteiger partial charge in [0.2, 0.25) is 0 Å². The van der Waals surface area contributed by atoms with Crippen molar-refractivity contribution in [2.75, 3.05) is 37.8 Å². The van der Waals surface area contributed by atoms with Crippen molar-refractivity contribution in [3.05, 3.63) is 11.9 Å². The fourth-order valence-corrected chi connectivity index (χ4v) is 2.88. The van der Waals surface area contributed by atoms with Gasteiger partial charge in [-0.05, 0) is 32.9 Å². The summed E-state index contributed by atoms with van der Waals surface area (Å²) in [5, 5.41) is 6.71. The number of anilines is 2. The van der Waals surface area contributed by atoms with Crippen molar-refractivity contribution in [1.29, 1.82) is 0 Å². The molecule has 0 amide bonds. The Morgan fingerprint density at radius 2 is 2.10 bits per heavy atom. The number of piperidine rings is 1. The Bertz CT molecular complexity index is 421. The summed E-state index contributed by atoms with van der Waals surface area (Å²) in [5.41, 5.74) is 1.20. The number of likely N-dealkylation sites (N-methyl/N-ethyl adjacent to an activating group) is 1. The Morgan fingerprint density at radius 3 is 2.80 bits per heavy atom. The zero-order chi connectivity index (χ0) is 14.4. The molecule has 1 aliphatic rings. The fourth-order valence-electron chi connectivity index (χ4n) is 2.88. The topological polar surface area (TPSA) is 53.1 Å². The number of hydrogen-bond acceptors (Lipinski definition) is 5. The predicted octanol–water partition coefficient (Wildman–Crippen LogP) is 2.37. The van der Waals surface area contributed by atoms with E-state index in [0.29, 0.717) is 6.04 Å². The van der Waals surface area contributed by atoms with E-state index in [9.17, 15) is 0 Å². The van der Waals surface area contributed by atoms with E-state index < -0.39 is 0 Å². The molecule has 0 spiro atoms. The van der Waals surface area contributed by atoms with Gasteiger partial charge in [0, 0.05) is 25.2 Å². The second-order valence-electron chi connectivity index (χ2n) is 5.56. The lowest BCUT2D eigenvalue weighted by Crippen LogP contribution is -2.41. The van der Waals surface area contributed by atoms with Gasteiger partial charge in [-0.25, -0.2) is 9.97 Å². The number of likely N-dealkylation sites (tertiary alicyclic amines) is 1. The smallest absolute Gasteiger partial charge is 0.134 e. The van der Waals surface area contributed by atoms with Gasteiger partial charge in [0.15, 0.2) is 0 Å². The van der Waals surface area contributed by atoms with Crippen molar-refractivity contribution < 1.29 is 0 Å². The van der Waals surface area contributed by atoms with E-state index in [1.165, 1.54) is 31.4 Å². The molecule has 0 bridgehead atoms. The summed E-state index contributed by atoms with van der Waals surface area (Å²) < 4.78 is 0. The van der Waals surface area contributed by atoms with E-state index in [0.717, 1.165) is 31.0 Å². The first-order chi connectivity index (χ1) is 9.76. The molecule has 0 aromatic carbocycles. The van der Waals surface area contributed by atoms with Gasteiger partial charge >= 0.3 is 0 Å². The minimum Gasteiger partial charge on any atom is -0.373 e. The summed E-state index contributed by atoms with van der Waals surface area (Å²) in [6.45, 7) is 4.36. The van der Waals surface area contributed by atoms with Gasteiger partial charge in [0.25, 0.3) is 0 Å². The van der Waals surface area contributed by atoms with E-state index in [4.69, 9.17) is 0 Å². The molecule has 2 N–H and O–H groups in total. The Balaban J connectivity index is 2.04. The maximum atomic E-state index is 4.43. The van der Waals surface area contributed by atoms with E-state index >= 15 is 0 Å². The van der Waals surface area contributed by atoms with Crippen molar-refractivity contribution in [2.45, 2.75) is 45.1 Å². The molecular formula is C15H27N5. The molecule has 20 heavy (non-hydrogen) atoms. The van der Waals surface area contributed by atoms with Crippen LogP contribution in [0.25, 0.3) is 0 Å². The third-order valence-corrected chi connectivity index (χ3v) is 4.11. The van der Waals surface area contributed by atoms with Crippen LogP contribution < -0.4 is 10.6 Å². The molecule has 2 rings (SSSR count). The van der Waals surface area contributed by atoms with Crippen LogP contribution in [-0.2, 0) is 6.42 Å². The average Bonchev–Trinajstić information content (AvgIpc) is 2.47. The van der Waals surface area contributed by atoms with Crippen molar-refractivity contribution in [1.82, 2.24) is 14.9 Å². The SMILES string of the molecule is CCCc1c(NC)ncnc1NCC1CCCCN1C. The first kappa shape index (κ1) is 15.0. The maximum absolute atomic E-state index is 4.43. The largest absolute Gasteiger partial charge is 0.373 e. The second-order valence-corrected chi connectivity index (χ2v) is 5.56. The van der Waals surface area contributed by atoms with Crippen LogP contribution in [0.15, 0.2) is 6.33 Å². The summed E-state index contributed by atoms with van der Waals surface area (Å²) in [6, 6.07) is 0.617. The van der Waals surface area contributed by atoms with Crippen LogP contribution in [0.4, 0.5) is 11.6 Å². The Hall–Kier alpha value is -1.36. The van der Waals surface area contributed by atoms with E-state index in [2.05, 4.69) is 39.5 Å². The molecule has 2 heterocycles. The number of rotatable bonds is 6. The lowest BCUT2D eigenvalue weighted by atomic mass is 10.0. The zero-order valence-electron chi connectivity index (χ0n) is 12.9. The Kier molecular flexibility index (Phi) is 5.59. The minimum atomic E-state index is 0.617. The van der Waals surface area contributed by atoms with E-state index in [-0.39, 0.29) is 0 Å². The van der Waals surface area contributed by atoms with Crippen LogP contribution in [-0.4, -0.2) is 48.1 Å². The molecule has 1 saturated heterocycles. The molecule has 1 aromatic rings. The highest BCUT2D eigenvalue weighted by Gasteiger charge is 2.19. The molecule has 112 valence electrons. The predicted molar refractivity (Wildman–Crippen MR) is 84.3 cm³/mol. The van der Waals surface area contributed by atoms with Crippen LogP contribution in [0, 0.1) is 0 Å². The molecule has 1 aromatic heterocycles. The molecule has 5 heteroatoms. The van der Waals surface area contributed by atoms with Gasteiger partial charge < -0.3 is 15.5 Å². The van der Waals surface area contributed by atoms with Crippen LogP contribution in [0.2, 0.25) is 0 Å². The summed E-state index contributed by atoms with van der Waals surface area (Å²) >= 11 is 0. The molecule has 0 saturated carbocycles. The number of aromatic nitrogens is 2. The quantitative estimate of drug-likeness (QED) is 0.836. The average molecular weight is 277 g/mol. The highest BCUT2D eigenvalue weighted by Crippen LogP contribution is 2.22. The number of nitrogens with zero attached hydrogens (tertiary/aromatic N) is 3. The number of hydrogen-bond donors (Lipinski definition) is 2. The lowest BCUT2D eigenvalue weighted by Gasteiger charge is -2.32. The third-order valence-electron chi connectivity index (χ3n) is 4.11. The monoisotopic (exact) mass is 277 g/mol. The molecule has 0 radical (unpaired) electrons. The van der Waals surface area contributed by atoms with Crippen LogP contribution in [0.5, 0.6) is 0 Å². The molecule has 1 aliphatic heterocycles. The van der Waals surface area contributed by atoms with Gasteiger partial charge in [-0.1, -0.05) is 19.8 Å². The summed E-state index contributed by atoms with van der Waals surface area (Å²) in [7, 11) is 4.14.